The predicted octanol–water partition coefficient (Wildman–Crippen LogP) is 1.42. The van der Waals surface area contributed by atoms with Crippen LogP contribution in [0.4, 0.5) is 0 Å². The Labute approximate surface area is 158 Å². The van der Waals surface area contributed by atoms with E-state index in [1.165, 1.54) is 0 Å². The lowest BCUT2D eigenvalue weighted by Gasteiger charge is -2.39. The molecular formula is C19H27N5O3. The van der Waals surface area contributed by atoms with Gasteiger partial charge in [0.1, 0.15) is 6.54 Å². The Hall–Kier alpha value is -2.25. The van der Waals surface area contributed by atoms with Gasteiger partial charge in [0, 0.05) is 36.5 Å². The van der Waals surface area contributed by atoms with Gasteiger partial charge >= 0.3 is 0 Å². The molecule has 4 rings (SSSR count). The standard InChI is InChI=1S/C19H27N5O3/c1-19(2,3)15-10-23(21-20-15)14-8-12-4-5-13(9-14)24(12)18(27)11-22-16(25)6-7-17(22)26/h10,12-14H,4-9,11H2,1-3H3. The molecule has 146 valence electrons. The van der Waals surface area contributed by atoms with Crippen molar-refractivity contribution in [3.8, 4) is 0 Å². The van der Waals surface area contributed by atoms with Crippen molar-refractivity contribution in [3.05, 3.63) is 11.9 Å². The van der Waals surface area contributed by atoms with E-state index in [4.69, 9.17) is 0 Å². The van der Waals surface area contributed by atoms with E-state index >= 15 is 0 Å². The number of carbonyl (C=O) groups excluding carboxylic acids is 3. The highest BCUT2D eigenvalue weighted by Gasteiger charge is 2.45. The number of aromatic nitrogens is 3. The summed E-state index contributed by atoms with van der Waals surface area (Å²) in [6.07, 6.45) is 6.11. The lowest BCUT2D eigenvalue weighted by Crippen LogP contribution is -2.51. The minimum absolute atomic E-state index is 0.0390. The number of nitrogens with zero attached hydrogens (tertiary/aromatic N) is 5. The number of fused-ring (bicyclic) bond motifs is 2. The smallest absolute Gasteiger partial charge is 0.243 e. The van der Waals surface area contributed by atoms with Crippen LogP contribution >= 0.6 is 0 Å². The van der Waals surface area contributed by atoms with E-state index in [9.17, 15) is 14.4 Å². The van der Waals surface area contributed by atoms with Gasteiger partial charge in [-0.1, -0.05) is 26.0 Å². The molecule has 0 saturated carbocycles. The summed E-state index contributed by atoms with van der Waals surface area (Å²) in [5, 5.41) is 8.66. The van der Waals surface area contributed by atoms with Crippen LogP contribution in [-0.2, 0) is 19.8 Å². The monoisotopic (exact) mass is 373 g/mol. The highest BCUT2D eigenvalue weighted by atomic mass is 16.2. The molecule has 2 bridgehead atoms. The number of imide groups is 1. The molecule has 0 spiro atoms. The van der Waals surface area contributed by atoms with Gasteiger partial charge in [-0.15, -0.1) is 5.10 Å². The molecule has 3 amide bonds. The van der Waals surface area contributed by atoms with E-state index in [0.29, 0.717) is 0 Å². The minimum Gasteiger partial charge on any atom is -0.335 e. The van der Waals surface area contributed by atoms with Crippen LogP contribution in [0.5, 0.6) is 0 Å². The van der Waals surface area contributed by atoms with Crippen molar-refractivity contribution in [2.24, 2.45) is 0 Å². The summed E-state index contributed by atoms with van der Waals surface area (Å²) in [5.41, 5.74) is 0.933. The molecule has 2 atom stereocenters. The Kier molecular flexibility index (Phi) is 4.31. The van der Waals surface area contributed by atoms with Crippen LogP contribution in [0.25, 0.3) is 0 Å². The Bertz CT molecular complexity index is 751. The van der Waals surface area contributed by atoms with Gasteiger partial charge in [-0.25, -0.2) is 4.68 Å². The molecular weight excluding hydrogens is 346 g/mol. The van der Waals surface area contributed by atoms with Gasteiger partial charge in [0.25, 0.3) is 0 Å². The molecule has 2 unspecified atom stereocenters. The van der Waals surface area contributed by atoms with Crippen molar-refractivity contribution in [2.45, 2.75) is 82.8 Å². The van der Waals surface area contributed by atoms with Gasteiger partial charge < -0.3 is 4.90 Å². The average molecular weight is 373 g/mol. The molecule has 1 aromatic rings. The molecule has 0 N–H and O–H groups in total. The van der Waals surface area contributed by atoms with Crippen molar-refractivity contribution >= 4 is 17.7 Å². The van der Waals surface area contributed by atoms with Crippen LogP contribution in [0.2, 0.25) is 0 Å². The third-order valence-electron chi connectivity index (χ3n) is 6.10. The van der Waals surface area contributed by atoms with Crippen LogP contribution in [-0.4, -0.2) is 61.1 Å². The molecule has 4 heterocycles. The fourth-order valence-corrected chi connectivity index (χ4v) is 4.59. The summed E-state index contributed by atoms with van der Waals surface area (Å²) in [5.74, 6) is -0.556. The zero-order valence-corrected chi connectivity index (χ0v) is 16.2. The van der Waals surface area contributed by atoms with Gasteiger partial charge in [-0.2, -0.15) is 0 Å². The average Bonchev–Trinajstić information content (AvgIpc) is 3.28. The molecule has 0 aliphatic carbocycles. The minimum atomic E-state index is -0.229. The molecule has 8 nitrogen and oxygen atoms in total. The van der Waals surface area contributed by atoms with Gasteiger partial charge in [0.2, 0.25) is 17.7 Å². The van der Waals surface area contributed by atoms with Crippen LogP contribution < -0.4 is 0 Å². The number of carbonyl (C=O) groups is 3. The Morgan fingerprint density at radius 1 is 1.07 bits per heavy atom. The number of rotatable bonds is 3. The van der Waals surface area contributed by atoms with Gasteiger partial charge in [0.05, 0.1) is 11.7 Å². The maximum Gasteiger partial charge on any atom is 0.243 e. The first-order valence-electron chi connectivity index (χ1n) is 9.80. The first-order chi connectivity index (χ1) is 12.7. The van der Waals surface area contributed by atoms with Crippen molar-refractivity contribution in [2.75, 3.05) is 6.54 Å². The summed E-state index contributed by atoms with van der Waals surface area (Å²) in [6.45, 7) is 6.25. The van der Waals surface area contributed by atoms with Crippen molar-refractivity contribution in [1.82, 2.24) is 24.8 Å². The second kappa shape index (κ2) is 6.42. The highest BCUT2D eigenvalue weighted by Crippen LogP contribution is 2.41. The van der Waals surface area contributed by atoms with Crippen molar-refractivity contribution in [3.63, 3.8) is 0 Å². The fourth-order valence-electron chi connectivity index (χ4n) is 4.59. The van der Waals surface area contributed by atoms with E-state index in [1.54, 1.807) is 0 Å². The summed E-state index contributed by atoms with van der Waals surface area (Å²) in [6, 6.07) is 0.540. The summed E-state index contributed by atoms with van der Waals surface area (Å²) < 4.78 is 1.96. The molecule has 27 heavy (non-hydrogen) atoms. The number of amides is 3. The number of piperidine rings is 1. The quantitative estimate of drug-likeness (QED) is 0.748. The maximum absolute atomic E-state index is 12.8. The topological polar surface area (TPSA) is 88.4 Å². The SMILES string of the molecule is CC(C)(C)c1cn(C2CC3CCC(C2)N3C(=O)CN2C(=O)CCC2=O)nn1. The van der Waals surface area contributed by atoms with E-state index in [-0.39, 0.29) is 60.6 Å². The van der Waals surface area contributed by atoms with Gasteiger partial charge in [-0.3, -0.25) is 19.3 Å². The third-order valence-corrected chi connectivity index (χ3v) is 6.10. The largest absolute Gasteiger partial charge is 0.335 e. The molecule has 3 saturated heterocycles. The first kappa shape index (κ1) is 18.1. The zero-order valence-electron chi connectivity index (χ0n) is 16.2. The summed E-state index contributed by atoms with van der Waals surface area (Å²) in [4.78, 5) is 39.5. The van der Waals surface area contributed by atoms with E-state index in [0.717, 1.165) is 36.3 Å². The lowest BCUT2D eigenvalue weighted by molar-refractivity contribution is -0.147. The van der Waals surface area contributed by atoms with Crippen molar-refractivity contribution < 1.29 is 14.4 Å². The van der Waals surface area contributed by atoms with Crippen LogP contribution in [0.15, 0.2) is 6.20 Å². The first-order valence-corrected chi connectivity index (χ1v) is 9.80. The Morgan fingerprint density at radius 3 is 2.19 bits per heavy atom. The predicted molar refractivity (Wildman–Crippen MR) is 96.6 cm³/mol. The van der Waals surface area contributed by atoms with Crippen LogP contribution in [0.3, 0.4) is 0 Å². The van der Waals surface area contributed by atoms with Crippen LogP contribution in [0, 0.1) is 0 Å². The van der Waals surface area contributed by atoms with E-state index in [2.05, 4.69) is 31.1 Å². The molecule has 0 radical (unpaired) electrons. The summed E-state index contributed by atoms with van der Waals surface area (Å²) in [7, 11) is 0. The Morgan fingerprint density at radius 2 is 1.67 bits per heavy atom. The number of likely N-dealkylation sites (tertiary alicyclic amines) is 1. The lowest BCUT2D eigenvalue weighted by atomic mass is 9.93. The molecule has 0 aromatic carbocycles. The van der Waals surface area contributed by atoms with E-state index in [1.807, 2.05) is 15.8 Å². The van der Waals surface area contributed by atoms with Gasteiger partial charge in [-0.05, 0) is 25.7 Å². The maximum atomic E-state index is 12.8. The van der Waals surface area contributed by atoms with Gasteiger partial charge in [0.15, 0.2) is 0 Å². The highest BCUT2D eigenvalue weighted by molar-refractivity contribution is 6.04. The third kappa shape index (κ3) is 3.26. The second-order valence-electron chi connectivity index (χ2n) is 9.02. The zero-order chi connectivity index (χ0) is 19.3. The van der Waals surface area contributed by atoms with Crippen LogP contribution in [0.1, 0.15) is 71.0 Å². The Balaban J connectivity index is 1.44. The van der Waals surface area contributed by atoms with Crippen molar-refractivity contribution in [1.29, 1.82) is 0 Å². The van der Waals surface area contributed by atoms with E-state index < -0.39 is 0 Å². The molecule has 3 aliphatic rings. The number of hydrogen-bond donors (Lipinski definition) is 0. The molecule has 1 aromatic heterocycles. The molecule has 3 fully saturated rings. The normalized spacial score (nSPS) is 28.3. The fraction of sp³-hybridized carbons (Fsp3) is 0.737. The number of hydrogen-bond acceptors (Lipinski definition) is 5. The molecule has 3 aliphatic heterocycles. The second-order valence-corrected chi connectivity index (χ2v) is 9.02. The molecule has 8 heteroatoms. The summed E-state index contributed by atoms with van der Waals surface area (Å²) >= 11 is 0.